The first kappa shape index (κ1) is 58.8. The van der Waals surface area contributed by atoms with Crippen LogP contribution in [-0.4, -0.2) is 113 Å². The first-order valence-electron chi connectivity index (χ1n) is 15.8. The Kier molecular flexibility index (Phi) is 15.5. The number of halogens is 34. The van der Waals surface area contributed by atoms with Crippen LogP contribution in [0.3, 0.4) is 0 Å². The molecule has 0 aromatic heterocycles. The summed E-state index contributed by atoms with van der Waals surface area (Å²) in [6.07, 6.45) is -26.5. The molecule has 0 amide bonds. The fourth-order valence-electron chi connectivity index (χ4n) is 4.87. The maximum atomic E-state index is 14.4. The van der Waals surface area contributed by atoms with Gasteiger partial charge >= 0.3 is 95.3 Å². The third kappa shape index (κ3) is 8.87. The summed E-state index contributed by atoms with van der Waals surface area (Å²) < 4.78 is 461. The molecule has 1 nitrogen and oxygen atoms in total. The lowest BCUT2D eigenvalue weighted by molar-refractivity contribution is -0.461. The Labute approximate surface area is 331 Å². The maximum absolute atomic E-state index is 14.4. The third-order valence-electron chi connectivity index (χ3n) is 8.75. The standard InChI is InChI=1S/C29H19F34N/c30-14(31,16(34,35)18(38,39)20(42,43)22(46,47)24(50,51)26(54,55)28(58,59)60)8-4-10-64(12-13-6-2-1-3-7-13)11-5-9-15(32,33)17(36,37)19(40,41)21(44,45)23(48,49)25(52,53)27(56,57)29(61,62)63/h1-3,6-7H,4-5,8-12H2. The number of alkyl halides is 34. The predicted octanol–water partition coefficient (Wildman–Crippen LogP) is 14.1. The molecule has 0 unspecified atom stereocenters. The second kappa shape index (κ2) is 16.8. The van der Waals surface area contributed by atoms with Crippen LogP contribution in [0.15, 0.2) is 30.3 Å². The average Bonchev–Trinajstić information content (AvgIpc) is 3.09. The topological polar surface area (TPSA) is 3.24 Å². The number of benzene rings is 1. The number of nitrogens with zero attached hydrogens (tertiary/aromatic N) is 1. The van der Waals surface area contributed by atoms with Crippen molar-refractivity contribution in [2.24, 2.45) is 0 Å². The summed E-state index contributed by atoms with van der Waals surface area (Å²) in [7, 11) is 0. The molecule has 0 aliphatic rings. The van der Waals surface area contributed by atoms with E-state index in [1.807, 2.05) is 0 Å². The predicted molar refractivity (Wildman–Crippen MR) is 142 cm³/mol. The van der Waals surface area contributed by atoms with Gasteiger partial charge in [-0.05, 0) is 31.5 Å². The fraction of sp³-hybridized carbons (Fsp3) is 0.793. The van der Waals surface area contributed by atoms with E-state index in [1.54, 1.807) is 0 Å². The molecule has 0 aliphatic carbocycles. The van der Waals surface area contributed by atoms with Crippen molar-refractivity contribution >= 4 is 0 Å². The van der Waals surface area contributed by atoms with E-state index >= 15 is 0 Å². The summed E-state index contributed by atoms with van der Waals surface area (Å²) in [5.74, 6) is -118. The summed E-state index contributed by atoms with van der Waals surface area (Å²) in [6.45, 7) is -4.38. The molecule has 0 heterocycles. The smallest absolute Gasteiger partial charge is 0.299 e. The zero-order valence-electron chi connectivity index (χ0n) is 29.6. The van der Waals surface area contributed by atoms with E-state index < -0.39 is 141 Å². The van der Waals surface area contributed by atoms with Gasteiger partial charge in [0.05, 0.1) is 0 Å². The summed E-state index contributed by atoms with van der Waals surface area (Å²) >= 11 is 0. The first-order valence-corrected chi connectivity index (χ1v) is 15.8. The molecule has 0 saturated carbocycles. The largest absolute Gasteiger partial charge is 0.460 e. The van der Waals surface area contributed by atoms with Gasteiger partial charge < -0.3 is 0 Å². The van der Waals surface area contributed by atoms with Gasteiger partial charge in [0.2, 0.25) is 0 Å². The zero-order chi connectivity index (χ0) is 51.6. The summed E-state index contributed by atoms with van der Waals surface area (Å²) in [5.41, 5.74) is -0.272. The van der Waals surface area contributed by atoms with Gasteiger partial charge in [-0.2, -0.15) is 149 Å². The SMILES string of the molecule is FC(F)(F)C(F)(F)C(F)(F)C(F)(F)C(F)(F)C(F)(F)C(F)(F)C(F)(F)CCCN(CCCC(F)(F)C(F)(F)C(F)(F)C(F)(F)C(F)(F)C(F)(F)C(F)(F)C(F)(F)F)Cc1ccccc1. The number of rotatable bonds is 22. The summed E-state index contributed by atoms with van der Waals surface area (Å²) in [5, 5.41) is 0. The third-order valence-corrected chi connectivity index (χ3v) is 8.75. The highest BCUT2D eigenvalue weighted by Crippen LogP contribution is 2.66. The van der Waals surface area contributed by atoms with Gasteiger partial charge in [0.1, 0.15) is 0 Å². The Bertz CT molecular complexity index is 1600. The Balaban J connectivity index is 3.48. The molecule has 1 rings (SSSR count). The van der Waals surface area contributed by atoms with Crippen molar-refractivity contribution in [3.8, 4) is 0 Å². The van der Waals surface area contributed by atoms with Gasteiger partial charge in [-0.3, -0.25) is 4.90 Å². The summed E-state index contributed by atoms with van der Waals surface area (Å²) in [4.78, 5) is 0.152. The highest BCUT2D eigenvalue weighted by atomic mass is 19.4. The Morgan fingerprint density at radius 3 is 0.734 bits per heavy atom. The van der Waals surface area contributed by atoms with Crippen molar-refractivity contribution in [3.05, 3.63) is 35.9 Å². The van der Waals surface area contributed by atoms with Crippen LogP contribution < -0.4 is 0 Å². The molecular weight excluding hydrogens is 1010 g/mol. The molecule has 0 spiro atoms. The van der Waals surface area contributed by atoms with Gasteiger partial charge in [0, 0.05) is 19.4 Å². The fourth-order valence-corrected chi connectivity index (χ4v) is 4.87. The Hall–Kier alpha value is -3.20. The minimum Gasteiger partial charge on any atom is -0.299 e. The van der Waals surface area contributed by atoms with E-state index in [-0.39, 0.29) is 10.5 Å². The van der Waals surface area contributed by atoms with Crippen LogP contribution in [0.2, 0.25) is 0 Å². The van der Waals surface area contributed by atoms with Crippen molar-refractivity contribution < 1.29 is 149 Å². The molecule has 1 aromatic rings. The van der Waals surface area contributed by atoms with Gasteiger partial charge in [-0.25, -0.2) is 0 Å². The molecule has 35 heteroatoms. The first-order chi connectivity index (χ1) is 27.7. The van der Waals surface area contributed by atoms with Crippen molar-refractivity contribution in [2.45, 2.75) is 127 Å². The molecule has 1 aromatic carbocycles. The molecule has 0 fully saturated rings. The van der Waals surface area contributed by atoms with Crippen LogP contribution in [0, 0.1) is 0 Å². The van der Waals surface area contributed by atoms with Crippen molar-refractivity contribution in [1.82, 2.24) is 4.90 Å². The van der Waals surface area contributed by atoms with E-state index in [4.69, 9.17) is 0 Å². The van der Waals surface area contributed by atoms with E-state index in [0.717, 1.165) is 30.3 Å². The van der Waals surface area contributed by atoms with E-state index in [0.29, 0.717) is 0 Å². The minimum atomic E-state index is -8.99. The van der Waals surface area contributed by atoms with Crippen LogP contribution in [0.4, 0.5) is 149 Å². The maximum Gasteiger partial charge on any atom is 0.460 e. The second-order valence-corrected chi connectivity index (χ2v) is 13.3. The van der Waals surface area contributed by atoms with Crippen LogP contribution in [-0.2, 0) is 6.54 Å². The lowest BCUT2D eigenvalue weighted by atomic mass is 9.88. The summed E-state index contributed by atoms with van der Waals surface area (Å²) in [6, 6.07) is 5.02. The molecular formula is C29H19F34N. The van der Waals surface area contributed by atoms with Crippen LogP contribution in [0.25, 0.3) is 0 Å². The zero-order valence-corrected chi connectivity index (χ0v) is 29.6. The van der Waals surface area contributed by atoms with Gasteiger partial charge in [0.25, 0.3) is 0 Å². The van der Waals surface area contributed by atoms with Crippen molar-refractivity contribution in [3.63, 3.8) is 0 Å². The van der Waals surface area contributed by atoms with E-state index in [2.05, 4.69) is 0 Å². The molecule has 0 atom stereocenters. The van der Waals surface area contributed by atoms with Crippen molar-refractivity contribution in [2.75, 3.05) is 13.1 Å². The van der Waals surface area contributed by atoms with Crippen LogP contribution in [0.1, 0.15) is 31.2 Å². The van der Waals surface area contributed by atoms with E-state index in [9.17, 15) is 149 Å². The molecule has 0 saturated heterocycles. The number of hydrogen-bond acceptors (Lipinski definition) is 1. The molecule has 378 valence electrons. The highest BCUT2D eigenvalue weighted by molar-refractivity contribution is 5.17. The minimum absolute atomic E-state index is 0.152. The highest BCUT2D eigenvalue weighted by Gasteiger charge is 2.96. The van der Waals surface area contributed by atoms with Gasteiger partial charge in [-0.1, -0.05) is 30.3 Å². The van der Waals surface area contributed by atoms with E-state index in [1.165, 1.54) is 0 Å². The monoisotopic (exact) mass is 1030 g/mol. The van der Waals surface area contributed by atoms with Crippen LogP contribution in [0.5, 0.6) is 0 Å². The molecule has 0 aliphatic heterocycles. The second-order valence-electron chi connectivity index (χ2n) is 13.3. The molecule has 0 radical (unpaired) electrons. The quantitative estimate of drug-likeness (QED) is 0.105. The molecule has 64 heavy (non-hydrogen) atoms. The molecule has 0 bridgehead atoms. The lowest BCUT2D eigenvalue weighted by Crippen LogP contribution is -2.74. The number of hydrogen-bond donors (Lipinski definition) is 0. The lowest BCUT2D eigenvalue weighted by Gasteiger charge is -2.43. The Morgan fingerprint density at radius 1 is 0.281 bits per heavy atom. The normalized spacial score (nSPS) is 16.2. The van der Waals surface area contributed by atoms with Crippen molar-refractivity contribution in [1.29, 1.82) is 0 Å². The Morgan fingerprint density at radius 2 is 0.500 bits per heavy atom. The molecule has 0 N–H and O–H groups in total. The average molecular weight is 1030 g/mol. The van der Waals surface area contributed by atoms with Gasteiger partial charge in [-0.15, -0.1) is 0 Å². The van der Waals surface area contributed by atoms with Gasteiger partial charge in [0.15, 0.2) is 0 Å². The van der Waals surface area contributed by atoms with Crippen LogP contribution >= 0.6 is 0 Å².